The van der Waals surface area contributed by atoms with Crippen LogP contribution in [0, 0.1) is 0 Å². The van der Waals surface area contributed by atoms with E-state index in [1.54, 1.807) is 29.5 Å². The Morgan fingerprint density at radius 1 is 1.32 bits per heavy atom. The molecule has 0 atom stereocenters. The molecule has 0 unspecified atom stereocenters. The molecular formula is C19H25N5O3S. The number of aromatic carboxylic acids is 1. The van der Waals surface area contributed by atoms with E-state index in [0.29, 0.717) is 11.5 Å². The van der Waals surface area contributed by atoms with Crippen LogP contribution in [0.4, 0.5) is 11.1 Å². The van der Waals surface area contributed by atoms with E-state index in [9.17, 15) is 4.79 Å². The van der Waals surface area contributed by atoms with Crippen molar-refractivity contribution < 1.29 is 14.7 Å². The molecule has 0 spiro atoms. The Bertz CT molecular complexity index is 995. The molecular weight excluding hydrogens is 378 g/mol. The second-order valence-corrected chi connectivity index (χ2v) is 7.32. The fraction of sp³-hybridized carbons (Fsp3) is 0.368. The van der Waals surface area contributed by atoms with Gasteiger partial charge in [0.05, 0.1) is 22.3 Å². The summed E-state index contributed by atoms with van der Waals surface area (Å²) >= 11 is 1.65. The Kier molecular flexibility index (Phi) is 6.87. The maximum atomic E-state index is 11.1. The molecule has 28 heavy (non-hydrogen) atoms. The summed E-state index contributed by atoms with van der Waals surface area (Å²) in [6.07, 6.45) is 1.72. The molecule has 1 aromatic carbocycles. The van der Waals surface area contributed by atoms with Gasteiger partial charge in [-0.1, -0.05) is 7.43 Å². The number of aryl methyl sites for hydroxylation is 1. The fourth-order valence-electron chi connectivity index (χ4n) is 2.92. The molecule has 3 heterocycles. The van der Waals surface area contributed by atoms with Crippen LogP contribution < -0.4 is 5.32 Å². The van der Waals surface area contributed by atoms with Gasteiger partial charge in [0.15, 0.2) is 5.13 Å². The number of hydrogen-bond donors (Lipinski definition) is 2. The summed E-state index contributed by atoms with van der Waals surface area (Å²) in [4.78, 5) is 32.7. The molecule has 3 aromatic rings. The van der Waals surface area contributed by atoms with Gasteiger partial charge < -0.3 is 24.7 Å². The highest BCUT2D eigenvalue weighted by molar-refractivity contribution is 7.15. The van der Waals surface area contributed by atoms with Crippen LogP contribution in [0.5, 0.6) is 0 Å². The van der Waals surface area contributed by atoms with Crippen LogP contribution in [0.25, 0.3) is 11.0 Å². The number of aldehydes is 1. The lowest BCUT2D eigenvalue weighted by molar-refractivity contribution is -0.106. The summed E-state index contributed by atoms with van der Waals surface area (Å²) in [5.41, 5.74) is 2.93. The first-order valence-electron chi connectivity index (χ1n) is 8.46. The summed E-state index contributed by atoms with van der Waals surface area (Å²) in [5, 5.41) is 13.2. The van der Waals surface area contributed by atoms with Gasteiger partial charge in [-0.05, 0) is 32.2 Å². The first kappa shape index (κ1) is 21.5. The molecule has 2 N–H and O–H groups in total. The highest BCUT2D eigenvalue weighted by Gasteiger charge is 2.19. The van der Waals surface area contributed by atoms with E-state index in [2.05, 4.69) is 27.2 Å². The molecule has 0 saturated carbocycles. The van der Waals surface area contributed by atoms with Crippen LogP contribution in [0.2, 0.25) is 0 Å². The lowest BCUT2D eigenvalue weighted by Gasteiger charge is -2.20. The Labute approximate surface area is 167 Å². The molecule has 9 heteroatoms. The average molecular weight is 404 g/mol. The summed E-state index contributed by atoms with van der Waals surface area (Å²) in [7, 11) is 4.01. The SMILES string of the molecule is C.CC=O.CN1CCc2nc(Nc3nc4cc(C(=O)O)ccc4n3C)sc2C1. The quantitative estimate of drug-likeness (QED) is 0.647. The van der Waals surface area contributed by atoms with E-state index < -0.39 is 5.97 Å². The summed E-state index contributed by atoms with van der Waals surface area (Å²) in [5.74, 6) is -0.291. The number of carbonyl (C=O) groups is 2. The molecule has 0 amide bonds. The molecule has 1 aliphatic heterocycles. The lowest BCUT2D eigenvalue weighted by Crippen LogP contribution is -2.25. The van der Waals surface area contributed by atoms with Crippen molar-refractivity contribution in [1.29, 1.82) is 0 Å². The standard InChI is InChI=1S/C16H17N5O2S.C2H4O.CH4/c1-20-6-5-10-13(8-20)24-16(18-10)19-15-17-11-7-9(14(22)23)3-4-12(11)21(15)2;1-2-3;/h3-4,7H,5-6,8H2,1-2H3,(H,22,23)(H,17,18,19);2H,1H3;1H4. The lowest BCUT2D eigenvalue weighted by atomic mass is 10.2. The highest BCUT2D eigenvalue weighted by Crippen LogP contribution is 2.30. The predicted molar refractivity (Wildman–Crippen MR) is 112 cm³/mol. The molecule has 150 valence electrons. The van der Waals surface area contributed by atoms with Crippen molar-refractivity contribution in [3.63, 3.8) is 0 Å². The van der Waals surface area contributed by atoms with Gasteiger partial charge in [-0.3, -0.25) is 0 Å². The number of nitrogens with zero attached hydrogens (tertiary/aromatic N) is 4. The van der Waals surface area contributed by atoms with Gasteiger partial charge in [-0.2, -0.15) is 0 Å². The van der Waals surface area contributed by atoms with Crippen molar-refractivity contribution in [2.75, 3.05) is 18.9 Å². The number of benzene rings is 1. The number of nitrogens with one attached hydrogen (secondary N) is 1. The first-order chi connectivity index (χ1) is 12.9. The zero-order chi connectivity index (χ0) is 19.6. The zero-order valence-corrected chi connectivity index (χ0v) is 16.2. The summed E-state index contributed by atoms with van der Waals surface area (Å²) in [6.45, 7) is 3.40. The first-order valence-corrected chi connectivity index (χ1v) is 9.28. The molecule has 0 saturated heterocycles. The van der Waals surface area contributed by atoms with Crippen LogP contribution in [0.1, 0.15) is 35.3 Å². The van der Waals surface area contributed by atoms with Crippen molar-refractivity contribution in [3.05, 3.63) is 34.3 Å². The van der Waals surface area contributed by atoms with Gasteiger partial charge in [0.25, 0.3) is 0 Å². The summed E-state index contributed by atoms with van der Waals surface area (Å²) in [6, 6.07) is 4.96. The molecule has 4 rings (SSSR count). The Balaban J connectivity index is 0.000000660. The summed E-state index contributed by atoms with van der Waals surface area (Å²) < 4.78 is 1.91. The number of hydrogen-bond acceptors (Lipinski definition) is 7. The van der Waals surface area contributed by atoms with Crippen LogP contribution in [0.15, 0.2) is 18.2 Å². The number of thiazole rings is 1. The van der Waals surface area contributed by atoms with E-state index in [1.807, 2.05) is 11.6 Å². The van der Waals surface area contributed by atoms with E-state index in [-0.39, 0.29) is 13.0 Å². The number of carboxylic acids is 1. The minimum atomic E-state index is -0.950. The third kappa shape index (κ3) is 4.37. The number of likely N-dealkylation sites (N-methyl/N-ethyl adjacent to an activating group) is 1. The van der Waals surface area contributed by atoms with Gasteiger partial charge in [0.2, 0.25) is 5.95 Å². The Morgan fingerprint density at radius 2 is 2.04 bits per heavy atom. The van der Waals surface area contributed by atoms with E-state index in [0.717, 1.165) is 42.1 Å². The molecule has 0 radical (unpaired) electrons. The number of anilines is 2. The van der Waals surface area contributed by atoms with Crippen LogP contribution in [-0.4, -0.2) is 50.4 Å². The number of fused-ring (bicyclic) bond motifs is 2. The minimum absolute atomic E-state index is 0. The van der Waals surface area contributed by atoms with Crippen molar-refractivity contribution in [2.24, 2.45) is 7.05 Å². The molecule has 2 aromatic heterocycles. The van der Waals surface area contributed by atoms with Gasteiger partial charge in [-0.15, -0.1) is 11.3 Å². The van der Waals surface area contributed by atoms with Crippen LogP contribution in [-0.2, 0) is 24.8 Å². The third-order valence-corrected chi connectivity index (χ3v) is 5.27. The molecule has 0 fully saturated rings. The maximum Gasteiger partial charge on any atom is 0.335 e. The zero-order valence-electron chi connectivity index (χ0n) is 15.4. The molecule has 0 aliphatic carbocycles. The predicted octanol–water partition coefficient (Wildman–Crippen LogP) is 3.30. The van der Waals surface area contributed by atoms with Gasteiger partial charge in [0.1, 0.15) is 6.29 Å². The smallest absolute Gasteiger partial charge is 0.335 e. The van der Waals surface area contributed by atoms with Crippen molar-refractivity contribution in [2.45, 2.75) is 27.3 Å². The number of aromatic nitrogens is 3. The normalized spacial score (nSPS) is 13.1. The number of rotatable bonds is 3. The third-order valence-electron chi connectivity index (χ3n) is 4.27. The molecule has 0 bridgehead atoms. The minimum Gasteiger partial charge on any atom is -0.478 e. The van der Waals surface area contributed by atoms with Gasteiger partial charge in [-0.25, -0.2) is 14.8 Å². The number of carboxylic acid groups (broad SMARTS) is 1. The second kappa shape index (κ2) is 8.94. The monoisotopic (exact) mass is 403 g/mol. The van der Waals surface area contributed by atoms with Gasteiger partial charge in [0, 0.05) is 31.4 Å². The van der Waals surface area contributed by atoms with Crippen molar-refractivity contribution in [3.8, 4) is 0 Å². The number of carbonyl (C=O) groups excluding carboxylic acids is 1. The maximum absolute atomic E-state index is 11.1. The van der Waals surface area contributed by atoms with E-state index in [4.69, 9.17) is 9.90 Å². The number of imidazole rings is 1. The Hall–Kier alpha value is -2.78. The molecule has 8 nitrogen and oxygen atoms in total. The van der Waals surface area contributed by atoms with Gasteiger partial charge >= 0.3 is 5.97 Å². The van der Waals surface area contributed by atoms with E-state index in [1.165, 1.54) is 11.8 Å². The second-order valence-electron chi connectivity index (χ2n) is 6.24. The topological polar surface area (TPSA) is 100 Å². The highest BCUT2D eigenvalue weighted by atomic mass is 32.1. The van der Waals surface area contributed by atoms with Crippen LogP contribution in [0.3, 0.4) is 0 Å². The van der Waals surface area contributed by atoms with Crippen LogP contribution >= 0.6 is 11.3 Å². The molecule has 1 aliphatic rings. The Morgan fingerprint density at radius 3 is 2.71 bits per heavy atom. The largest absolute Gasteiger partial charge is 0.478 e. The average Bonchev–Trinajstić information content (AvgIpc) is 3.15. The fourth-order valence-corrected chi connectivity index (χ4v) is 4.00. The van der Waals surface area contributed by atoms with Crippen molar-refractivity contribution in [1.82, 2.24) is 19.4 Å². The van der Waals surface area contributed by atoms with E-state index >= 15 is 0 Å². The van der Waals surface area contributed by atoms with Crippen molar-refractivity contribution >= 4 is 45.7 Å².